The van der Waals surface area contributed by atoms with Gasteiger partial charge in [0.15, 0.2) is 5.82 Å². The first-order chi connectivity index (χ1) is 14.8. The van der Waals surface area contributed by atoms with E-state index in [1.54, 1.807) is 6.07 Å². The maximum atomic E-state index is 14.7. The summed E-state index contributed by atoms with van der Waals surface area (Å²) in [6, 6.07) is 5.09. The lowest BCUT2D eigenvalue weighted by molar-refractivity contribution is -0.162. The molecule has 4 bridgehead atoms. The molecule has 166 valence electrons. The van der Waals surface area contributed by atoms with Crippen molar-refractivity contribution in [2.75, 3.05) is 6.54 Å². The summed E-state index contributed by atoms with van der Waals surface area (Å²) in [6.45, 7) is 1.51. The number of carboxylic acid groups (broad SMARTS) is 1. The van der Waals surface area contributed by atoms with Crippen molar-refractivity contribution in [2.45, 2.75) is 63.6 Å². The van der Waals surface area contributed by atoms with Gasteiger partial charge in [0, 0.05) is 18.7 Å². The van der Waals surface area contributed by atoms with Crippen LogP contribution in [0.3, 0.4) is 0 Å². The first-order valence-corrected chi connectivity index (χ1v) is 11.0. The predicted octanol–water partition coefficient (Wildman–Crippen LogP) is 1.91. The molecule has 0 amide bonds. The van der Waals surface area contributed by atoms with Crippen molar-refractivity contribution in [1.29, 1.82) is 0 Å². The minimum absolute atomic E-state index is 0.0830. The molecule has 1 aromatic heterocycles. The maximum absolute atomic E-state index is 14.7. The van der Waals surface area contributed by atoms with Crippen LogP contribution in [-0.4, -0.2) is 48.5 Å². The van der Waals surface area contributed by atoms with E-state index in [-0.39, 0.29) is 30.0 Å². The van der Waals surface area contributed by atoms with Crippen LogP contribution in [0.25, 0.3) is 0 Å². The fraction of sp³-hybridized carbons (Fsp3) is 0.636. The van der Waals surface area contributed by atoms with Crippen LogP contribution in [0.5, 0.6) is 0 Å². The van der Waals surface area contributed by atoms with E-state index in [4.69, 9.17) is 5.11 Å². The number of benzene rings is 1. The van der Waals surface area contributed by atoms with E-state index in [0.717, 1.165) is 31.4 Å². The normalized spacial score (nSPS) is 31.3. The van der Waals surface area contributed by atoms with Crippen molar-refractivity contribution in [1.82, 2.24) is 25.5 Å². The highest BCUT2D eigenvalue weighted by molar-refractivity contribution is 5.68. The number of carboxylic acids is 1. The van der Waals surface area contributed by atoms with Crippen LogP contribution in [0.2, 0.25) is 0 Å². The number of aliphatic carboxylic acids is 1. The van der Waals surface area contributed by atoms with Gasteiger partial charge in [0.05, 0.1) is 12.1 Å². The Morgan fingerprint density at radius 3 is 2.71 bits per heavy atom. The first kappa shape index (κ1) is 20.5. The molecule has 2 atom stereocenters. The van der Waals surface area contributed by atoms with E-state index in [2.05, 4.69) is 20.8 Å². The van der Waals surface area contributed by atoms with Gasteiger partial charge in [-0.2, -0.15) is 0 Å². The highest BCUT2D eigenvalue weighted by Gasteiger charge is 2.56. The molecule has 1 aromatic carbocycles. The van der Waals surface area contributed by atoms with Gasteiger partial charge in [-0.3, -0.25) is 4.79 Å². The summed E-state index contributed by atoms with van der Waals surface area (Å²) in [5.74, 6) is 0.100. The number of halogens is 1. The van der Waals surface area contributed by atoms with Gasteiger partial charge >= 0.3 is 5.97 Å². The monoisotopic (exact) mass is 429 g/mol. The Morgan fingerprint density at radius 1 is 1.26 bits per heavy atom. The largest absolute Gasteiger partial charge is 0.481 e. The number of aliphatic hydroxyl groups is 1. The smallest absolute Gasteiger partial charge is 0.311 e. The summed E-state index contributed by atoms with van der Waals surface area (Å²) < 4.78 is 16.0. The van der Waals surface area contributed by atoms with Crippen LogP contribution in [0, 0.1) is 23.1 Å². The van der Waals surface area contributed by atoms with Gasteiger partial charge < -0.3 is 15.5 Å². The minimum Gasteiger partial charge on any atom is -0.481 e. The maximum Gasteiger partial charge on any atom is 0.311 e. The van der Waals surface area contributed by atoms with Crippen molar-refractivity contribution >= 4 is 5.97 Å². The molecule has 4 aliphatic carbocycles. The quantitative estimate of drug-likeness (QED) is 0.587. The van der Waals surface area contributed by atoms with Crippen LogP contribution in [0.15, 0.2) is 18.2 Å². The number of tetrazole rings is 1. The van der Waals surface area contributed by atoms with Gasteiger partial charge in [-0.1, -0.05) is 12.1 Å². The van der Waals surface area contributed by atoms with E-state index < -0.39 is 11.6 Å². The van der Waals surface area contributed by atoms with E-state index in [1.807, 2.05) is 6.07 Å². The fourth-order valence-electron chi connectivity index (χ4n) is 6.68. The summed E-state index contributed by atoms with van der Waals surface area (Å²) >= 11 is 0. The predicted molar refractivity (Wildman–Crippen MR) is 108 cm³/mol. The molecule has 2 unspecified atom stereocenters. The number of nitrogens with zero attached hydrogens (tertiary/aromatic N) is 4. The number of hydrogen-bond donors (Lipinski definition) is 3. The molecule has 0 spiro atoms. The van der Waals surface area contributed by atoms with Crippen molar-refractivity contribution in [2.24, 2.45) is 17.3 Å². The summed E-state index contributed by atoms with van der Waals surface area (Å²) in [4.78, 5) is 10.9. The van der Waals surface area contributed by atoms with Crippen molar-refractivity contribution in [3.05, 3.63) is 41.0 Å². The third kappa shape index (κ3) is 4.21. The number of nitrogens with one attached hydrogen (secondary N) is 1. The highest BCUT2D eigenvalue weighted by Crippen LogP contribution is 2.61. The molecular formula is C22H28FN5O3. The molecule has 0 saturated heterocycles. The number of hydrogen-bond acceptors (Lipinski definition) is 6. The first-order valence-electron chi connectivity index (χ1n) is 11.0. The highest BCUT2D eigenvalue weighted by atomic mass is 19.1. The van der Waals surface area contributed by atoms with Crippen molar-refractivity contribution in [3.63, 3.8) is 0 Å². The topological polar surface area (TPSA) is 113 Å². The summed E-state index contributed by atoms with van der Waals surface area (Å²) in [5.41, 5.74) is 0.978. The lowest BCUT2D eigenvalue weighted by Gasteiger charge is -2.60. The Morgan fingerprint density at radius 2 is 2.03 bits per heavy atom. The van der Waals surface area contributed by atoms with Gasteiger partial charge in [0.2, 0.25) is 0 Å². The van der Waals surface area contributed by atoms with Crippen molar-refractivity contribution < 1.29 is 19.4 Å². The molecule has 4 fully saturated rings. The molecule has 31 heavy (non-hydrogen) atoms. The lowest BCUT2D eigenvalue weighted by atomic mass is 9.48. The molecule has 0 aliphatic heterocycles. The van der Waals surface area contributed by atoms with Crippen LogP contribution >= 0.6 is 0 Å². The summed E-state index contributed by atoms with van der Waals surface area (Å²) in [7, 11) is 0. The van der Waals surface area contributed by atoms with E-state index in [1.165, 1.54) is 30.0 Å². The second-order valence-electron chi connectivity index (χ2n) is 10.0. The molecule has 9 heteroatoms. The third-order valence-corrected chi connectivity index (χ3v) is 7.33. The second-order valence-corrected chi connectivity index (χ2v) is 10.0. The second kappa shape index (κ2) is 7.63. The van der Waals surface area contributed by atoms with E-state index in [0.29, 0.717) is 23.9 Å². The number of rotatable bonds is 8. The van der Waals surface area contributed by atoms with Gasteiger partial charge in [0.1, 0.15) is 12.2 Å². The SMILES string of the molecule is O=C(O)Cc1nnnn1Cc1ccc(CNCC23CC4CC(CC(O)(C4)C2)C3)cc1F. The van der Waals surface area contributed by atoms with Gasteiger partial charge in [-0.25, -0.2) is 9.07 Å². The van der Waals surface area contributed by atoms with Gasteiger partial charge in [-0.15, -0.1) is 5.10 Å². The zero-order valence-corrected chi connectivity index (χ0v) is 17.4. The Labute approximate surface area is 179 Å². The number of carbonyl (C=O) groups is 1. The van der Waals surface area contributed by atoms with Gasteiger partial charge in [-0.05, 0) is 77.8 Å². The van der Waals surface area contributed by atoms with Crippen LogP contribution < -0.4 is 5.32 Å². The average molecular weight is 429 g/mol. The lowest BCUT2D eigenvalue weighted by Crippen LogP contribution is -2.58. The average Bonchev–Trinajstić information content (AvgIpc) is 3.07. The Balaban J connectivity index is 1.20. The molecule has 4 saturated carbocycles. The van der Waals surface area contributed by atoms with Crippen LogP contribution in [0.4, 0.5) is 4.39 Å². The van der Waals surface area contributed by atoms with Crippen molar-refractivity contribution in [3.8, 4) is 0 Å². The zero-order chi connectivity index (χ0) is 21.6. The Kier molecular flexibility index (Phi) is 5.05. The minimum atomic E-state index is -1.04. The standard InChI is InChI=1S/C22H28FN5O3/c23-18-4-14(1-2-17(18)11-28-19(5-20(29)30)25-26-27-28)10-24-13-21-6-15-3-16(7-21)9-22(31,8-15)12-21/h1-2,4,15-16,24,31H,3,5-13H2,(H,29,30). The fourth-order valence-corrected chi connectivity index (χ4v) is 6.68. The summed E-state index contributed by atoms with van der Waals surface area (Å²) in [6.07, 6.45) is 6.16. The molecular weight excluding hydrogens is 401 g/mol. The molecule has 2 aromatic rings. The number of aromatic nitrogens is 4. The van der Waals surface area contributed by atoms with Crippen LogP contribution in [-0.2, 0) is 24.3 Å². The molecule has 8 nitrogen and oxygen atoms in total. The van der Waals surface area contributed by atoms with Crippen LogP contribution in [0.1, 0.15) is 55.5 Å². The molecule has 3 N–H and O–H groups in total. The molecule has 6 rings (SSSR count). The third-order valence-electron chi connectivity index (χ3n) is 7.33. The van der Waals surface area contributed by atoms with E-state index >= 15 is 0 Å². The Bertz CT molecular complexity index is 979. The molecule has 0 radical (unpaired) electrons. The zero-order valence-electron chi connectivity index (χ0n) is 17.4. The summed E-state index contributed by atoms with van der Waals surface area (Å²) in [5, 5.41) is 34.3. The molecule has 4 aliphatic rings. The molecule has 1 heterocycles. The van der Waals surface area contributed by atoms with E-state index in [9.17, 15) is 14.3 Å². The van der Waals surface area contributed by atoms with Gasteiger partial charge in [0.25, 0.3) is 0 Å². The Hall–Kier alpha value is -2.39.